The van der Waals surface area contributed by atoms with Crippen molar-refractivity contribution < 1.29 is 24.2 Å². The summed E-state index contributed by atoms with van der Waals surface area (Å²) < 4.78 is 10.4. The van der Waals surface area contributed by atoms with Crippen LogP contribution < -0.4 is 5.32 Å². The molecule has 134 valence electrons. The molecule has 6 nitrogen and oxygen atoms in total. The second-order valence-electron chi connectivity index (χ2n) is 6.72. The molecule has 6 heteroatoms. The highest BCUT2D eigenvalue weighted by atomic mass is 16.6. The van der Waals surface area contributed by atoms with Crippen LogP contribution in [0.25, 0.3) is 0 Å². The van der Waals surface area contributed by atoms with E-state index in [0.29, 0.717) is 6.42 Å². The quantitative estimate of drug-likeness (QED) is 0.747. The highest BCUT2D eigenvalue weighted by Gasteiger charge is 2.25. The number of carbonyl (C=O) groups excluding carboxylic acids is 2. The lowest BCUT2D eigenvalue weighted by Gasteiger charge is -2.23. The molecule has 0 bridgehead atoms. The number of hydrogen-bond donors (Lipinski definition) is 2. The number of aliphatic hydroxyl groups is 1. The van der Waals surface area contributed by atoms with Crippen molar-refractivity contribution in [1.29, 1.82) is 0 Å². The molecule has 1 aromatic rings. The third-order valence-corrected chi connectivity index (χ3v) is 3.07. The van der Waals surface area contributed by atoms with Crippen LogP contribution in [0.15, 0.2) is 30.3 Å². The van der Waals surface area contributed by atoms with Crippen LogP contribution in [0.1, 0.15) is 46.1 Å². The third-order valence-electron chi connectivity index (χ3n) is 3.07. The van der Waals surface area contributed by atoms with Crippen LogP contribution >= 0.6 is 0 Å². The van der Waals surface area contributed by atoms with E-state index in [0.717, 1.165) is 5.56 Å². The summed E-state index contributed by atoms with van der Waals surface area (Å²) in [5, 5.41) is 11.9. The van der Waals surface area contributed by atoms with Gasteiger partial charge in [0.25, 0.3) is 0 Å². The first-order valence-corrected chi connectivity index (χ1v) is 8.05. The van der Waals surface area contributed by atoms with Gasteiger partial charge >= 0.3 is 12.1 Å². The number of ether oxygens (including phenoxy) is 2. The van der Waals surface area contributed by atoms with Crippen LogP contribution in [0.5, 0.6) is 0 Å². The number of benzene rings is 1. The smallest absolute Gasteiger partial charge is 0.408 e. The molecule has 1 unspecified atom stereocenters. The van der Waals surface area contributed by atoms with E-state index < -0.39 is 29.8 Å². The predicted molar refractivity (Wildman–Crippen MR) is 90.3 cm³/mol. The van der Waals surface area contributed by atoms with Crippen molar-refractivity contribution in [2.45, 2.75) is 64.9 Å². The molecule has 0 saturated heterocycles. The van der Waals surface area contributed by atoms with Crippen LogP contribution in [0.4, 0.5) is 4.79 Å². The minimum absolute atomic E-state index is 0.126. The van der Waals surface area contributed by atoms with Gasteiger partial charge in [0, 0.05) is 0 Å². The number of rotatable bonds is 7. The Morgan fingerprint density at radius 3 is 2.33 bits per heavy atom. The fourth-order valence-electron chi connectivity index (χ4n) is 1.94. The van der Waals surface area contributed by atoms with Crippen molar-refractivity contribution in [2.75, 3.05) is 0 Å². The molecule has 0 fully saturated rings. The molecule has 0 aliphatic heterocycles. The Kier molecular flexibility index (Phi) is 7.71. The van der Waals surface area contributed by atoms with Gasteiger partial charge in [0.1, 0.15) is 18.2 Å². The lowest BCUT2D eigenvalue weighted by Crippen LogP contribution is -2.44. The summed E-state index contributed by atoms with van der Waals surface area (Å²) >= 11 is 0. The first kappa shape index (κ1) is 20.0. The molecule has 0 spiro atoms. The molecule has 0 aliphatic rings. The number of aliphatic hydroxyl groups excluding tert-OH is 1. The second-order valence-corrected chi connectivity index (χ2v) is 6.72. The largest absolute Gasteiger partial charge is 0.459 e. The van der Waals surface area contributed by atoms with Crippen LogP contribution in [-0.2, 0) is 20.9 Å². The Morgan fingerprint density at radius 2 is 1.79 bits per heavy atom. The van der Waals surface area contributed by atoms with Gasteiger partial charge < -0.3 is 19.9 Å². The molecule has 24 heavy (non-hydrogen) atoms. The van der Waals surface area contributed by atoms with E-state index in [-0.39, 0.29) is 13.0 Å². The normalized spacial score (nSPS) is 13.7. The molecular formula is C18H27NO5. The molecule has 0 saturated carbocycles. The topological polar surface area (TPSA) is 84.9 Å². The van der Waals surface area contributed by atoms with Crippen molar-refractivity contribution >= 4 is 12.1 Å². The van der Waals surface area contributed by atoms with Crippen molar-refractivity contribution in [1.82, 2.24) is 5.32 Å². The van der Waals surface area contributed by atoms with Gasteiger partial charge in [-0.05, 0) is 46.1 Å². The van der Waals surface area contributed by atoms with Crippen molar-refractivity contribution in [3.8, 4) is 0 Å². The summed E-state index contributed by atoms with van der Waals surface area (Å²) in [5.74, 6) is -0.551. The van der Waals surface area contributed by atoms with Crippen LogP contribution in [0.2, 0.25) is 0 Å². The van der Waals surface area contributed by atoms with E-state index in [2.05, 4.69) is 5.32 Å². The average Bonchev–Trinajstić information content (AvgIpc) is 2.48. The van der Waals surface area contributed by atoms with E-state index >= 15 is 0 Å². The van der Waals surface area contributed by atoms with Gasteiger partial charge in [-0.15, -0.1) is 0 Å². The molecule has 0 aliphatic carbocycles. The summed E-state index contributed by atoms with van der Waals surface area (Å²) in [6.45, 7) is 6.97. The highest BCUT2D eigenvalue weighted by molar-refractivity contribution is 5.81. The molecule has 0 aromatic heterocycles. The minimum atomic E-state index is -0.863. The van der Waals surface area contributed by atoms with Crippen molar-refractivity contribution in [3.63, 3.8) is 0 Å². The van der Waals surface area contributed by atoms with Crippen molar-refractivity contribution in [2.24, 2.45) is 0 Å². The second kappa shape index (κ2) is 9.27. The predicted octanol–water partition coefficient (Wildman–Crippen LogP) is 2.78. The van der Waals surface area contributed by atoms with E-state index in [1.807, 2.05) is 30.3 Å². The SMILES string of the molecule is CC(O)CC[C@H](NC(=O)OC(C)(C)C)C(=O)OCc1ccccc1. The molecule has 0 radical (unpaired) electrons. The Morgan fingerprint density at radius 1 is 1.17 bits per heavy atom. The maximum absolute atomic E-state index is 12.3. The van der Waals surface area contributed by atoms with E-state index in [1.165, 1.54) is 0 Å². The Bertz CT molecular complexity index is 522. The summed E-state index contributed by atoms with van der Waals surface area (Å²) in [4.78, 5) is 24.1. The van der Waals surface area contributed by atoms with E-state index in [9.17, 15) is 14.7 Å². The van der Waals surface area contributed by atoms with Gasteiger partial charge in [-0.25, -0.2) is 9.59 Å². The number of nitrogens with one attached hydrogen (secondary N) is 1. The van der Waals surface area contributed by atoms with Crippen molar-refractivity contribution in [3.05, 3.63) is 35.9 Å². The van der Waals surface area contributed by atoms with Gasteiger partial charge in [0.15, 0.2) is 0 Å². The zero-order valence-electron chi connectivity index (χ0n) is 14.7. The van der Waals surface area contributed by atoms with Gasteiger partial charge in [-0.2, -0.15) is 0 Å². The Hall–Kier alpha value is -2.08. The highest BCUT2D eigenvalue weighted by Crippen LogP contribution is 2.10. The van der Waals surface area contributed by atoms with Gasteiger partial charge in [-0.1, -0.05) is 30.3 Å². The van der Waals surface area contributed by atoms with Crippen LogP contribution in [-0.4, -0.2) is 34.9 Å². The number of alkyl carbamates (subject to hydrolysis) is 1. The molecule has 2 N–H and O–H groups in total. The summed E-state index contributed by atoms with van der Waals surface area (Å²) in [7, 11) is 0. The van der Waals surface area contributed by atoms with Gasteiger partial charge in [-0.3, -0.25) is 0 Å². The lowest BCUT2D eigenvalue weighted by molar-refractivity contribution is -0.147. The lowest BCUT2D eigenvalue weighted by atomic mass is 10.1. The first-order chi connectivity index (χ1) is 11.2. The first-order valence-electron chi connectivity index (χ1n) is 8.05. The monoisotopic (exact) mass is 337 g/mol. The zero-order valence-corrected chi connectivity index (χ0v) is 14.7. The maximum Gasteiger partial charge on any atom is 0.408 e. The third kappa shape index (κ3) is 8.53. The zero-order chi connectivity index (χ0) is 18.2. The number of amides is 1. The fraction of sp³-hybridized carbons (Fsp3) is 0.556. The number of carbonyl (C=O) groups is 2. The molecule has 1 aromatic carbocycles. The van der Waals surface area contributed by atoms with Crippen LogP contribution in [0, 0.1) is 0 Å². The molecule has 1 amide bonds. The van der Waals surface area contributed by atoms with E-state index in [4.69, 9.17) is 9.47 Å². The minimum Gasteiger partial charge on any atom is -0.459 e. The molecule has 0 heterocycles. The average molecular weight is 337 g/mol. The maximum atomic E-state index is 12.3. The summed E-state index contributed by atoms with van der Waals surface area (Å²) in [6.07, 6.45) is -0.629. The molecule has 1 rings (SSSR count). The fourth-order valence-corrected chi connectivity index (χ4v) is 1.94. The summed E-state index contributed by atoms with van der Waals surface area (Å²) in [6, 6.07) is 8.41. The number of esters is 1. The van der Waals surface area contributed by atoms with Gasteiger partial charge in [0.2, 0.25) is 0 Å². The summed E-state index contributed by atoms with van der Waals surface area (Å²) in [5.41, 5.74) is 0.199. The Labute approximate surface area is 143 Å². The standard InChI is InChI=1S/C18H27NO5/c1-13(20)10-11-15(19-17(22)24-18(2,3)4)16(21)23-12-14-8-6-5-7-9-14/h5-9,13,15,20H,10-12H2,1-4H3,(H,19,22)/t13?,15-/m0/s1. The molecular weight excluding hydrogens is 310 g/mol. The number of hydrogen-bond acceptors (Lipinski definition) is 5. The molecule has 2 atom stereocenters. The van der Waals surface area contributed by atoms with E-state index in [1.54, 1.807) is 27.7 Å². The Balaban J connectivity index is 2.62. The van der Waals surface area contributed by atoms with Crippen LogP contribution in [0.3, 0.4) is 0 Å². The van der Waals surface area contributed by atoms with Gasteiger partial charge in [0.05, 0.1) is 6.10 Å².